The Morgan fingerprint density at radius 1 is 1.64 bits per heavy atom. The van der Waals surface area contributed by atoms with Crippen molar-refractivity contribution in [1.82, 2.24) is 10.5 Å². The van der Waals surface area contributed by atoms with E-state index in [4.69, 9.17) is 4.52 Å². The van der Waals surface area contributed by atoms with Crippen molar-refractivity contribution in [2.75, 3.05) is 13.1 Å². The highest BCUT2D eigenvalue weighted by Crippen LogP contribution is 2.10. The lowest BCUT2D eigenvalue weighted by molar-refractivity contribution is 0.407. The molecule has 1 N–H and O–H groups in total. The van der Waals surface area contributed by atoms with Crippen LogP contribution in [0.1, 0.15) is 11.5 Å². The topological polar surface area (TPSA) is 38.1 Å². The van der Waals surface area contributed by atoms with Crippen LogP contribution in [-0.2, 0) is 0 Å². The summed E-state index contributed by atoms with van der Waals surface area (Å²) in [7, 11) is 0. The zero-order valence-electron chi connectivity index (χ0n) is 6.42. The zero-order chi connectivity index (χ0) is 7.68. The molecule has 0 aromatic carbocycles. The smallest absolute Gasteiger partial charge is 0.159 e. The summed E-state index contributed by atoms with van der Waals surface area (Å²) in [6, 6.07) is 1.94. The van der Waals surface area contributed by atoms with Crippen molar-refractivity contribution >= 4 is 6.08 Å². The minimum absolute atomic E-state index is 0.860. The summed E-state index contributed by atoms with van der Waals surface area (Å²) in [6.45, 7) is 3.89. The molecule has 0 bridgehead atoms. The summed E-state index contributed by atoms with van der Waals surface area (Å²) >= 11 is 0. The molecule has 0 atom stereocenters. The molecule has 3 nitrogen and oxygen atoms in total. The Labute approximate surface area is 65.1 Å². The van der Waals surface area contributed by atoms with Gasteiger partial charge < -0.3 is 9.84 Å². The van der Waals surface area contributed by atoms with Gasteiger partial charge in [0.1, 0.15) is 0 Å². The van der Waals surface area contributed by atoms with E-state index in [2.05, 4.69) is 10.5 Å². The van der Waals surface area contributed by atoms with E-state index in [0.29, 0.717) is 0 Å². The van der Waals surface area contributed by atoms with E-state index < -0.39 is 0 Å². The first kappa shape index (κ1) is 6.61. The Kier molecular flexibility index (Phi) is 1.51. The fourth-order valence-corrected chi connectivity index (χ4v) is 1.02. The molecule has 58 valence electrons. The third-order valence-electron chi connectivity index (χ3n) is 1.70. The predicted octanol–water partition coefficient (Wildman–Crippen LogP) is 0.970. The second-order valence-electron chi connectivity index (χ2n) is 2.78. The van der Waals surface area contributed by atoms with E-state index >= 15 is 0 Å². The van der Waals surface area contributed by atoms with Crippen molar-refractivity contribution in [1.29, 1.82) is 0 Å². The highest BCUT2D eigenvalue weighted by molar-refractivity contribution is 5.50. The Hall–Kier alpha value is -1.09. The van der Waals surface area contributed by atoms with Gasteiger partial charge >= 0.3 is 0 Å². The van der Waals surface area contributed by atoms with Gasteiger partial charge in [-0.3, -0.25) is 0 Å². The van der Waals surface area contributed by atoms with Crippen LogP contribution in [0.5, 0.6) is 0 Å². The molecule has 1 aromatic rings. The molecule has 11 heavy (non-hydrogen) atoms. The molecule has 2 rings (SSSR count). The van der Waals surface area contributed by atoms with Crippen molar-refractivity contribution in [3.8, 4) is 0 Å². The second-order valence-corrected chi connectivity index (χ2v) is 2.78. The van der Waals surface area contributed by atoms with Gasteiger partial charge in [0.2, 0.25) is 0 Å². The minimum atomic E-state index is 0.860. The van der Waals surface area contributed by atoms with E-state index in [9.17, 15) is 0 Å². The van der Waals surface area contributed by atoms with Crippen LogP contribution in [-0.4, -0.2) is 18.2 Å². The number of aromatic nitrogens is 1. The SMILES string of the molecule is Cc1cc(C=C2CNC2)on1. The summed E-state index contributed by atoms with van der Waals surface area (Å²) in [5.74, 6) is 0.860. The molecular weight excluding hydrogens is 140 g/mol. The summed E-state index contributed by atoms with van der Waals surface area (Å²) in [5, 5.41) is 6.95. The maximum atomic E-state index is 5.02. The van der Waals surface area contributed by atoms with Crippen molar-refractivity contribution in [3.05, 3.63) is 23.1 Å². The van der Waals surface area contributed by atoms with Gasteiger partial charge in [0.25, 0.3) is 0 Å². The van der Waals surface area contributed by atoms with Gasteiger partial charge in [0.15, 0.2) is 5.76 Å². The lowest BCUT2D eigenvalue weighted by Gasteiger charge is -2.17. The Morgan fingerprint density at radius 2 is 2.45 bits per heavy atom. The lowest BCUT2D eigenvalue weighted by atomic mass is 10.1. The van der Waals surface area contributed by atoms with Crippen molar-refractivity contribution in [3.63, 3.8) is 0 Å². The van der Waals surface area contributed by atoms with Gasteiger partial charge in [-0.05, 0) is 18.6 Å². The van der Waals surface area contributed by atoms with Gasteiger partial charge in [-0.25, -0.2) is 0 Å². The number of hydrogen-bond acceptors (Lipinski definition) is 3. The monoisotopic (exact) mass is 150 g/mol. The molecule has 1 aliphatic rings. The molecule has 1 fully saturated rings. The van der Waals surface area contributed by atoms with E-state index in [1.165, 1.54) is 5.57 Å². The van der Waals surface area contributed by atoms with Crippen molar-refractivity contribution in [2.45, 2.75) is 6.92 Å². The summed E-state index contributed by atoms with van der Waals surface area (Å²) in [4.78, 5) is 0. The van der Waals surface area contributed by atoms with E-state index in [0.717, 1.165) is 24.5 Å². The first-order chi connectivity index (χ1) is 5.34. The molecule has 1 saturated heterocycles. The highest BCUT2D eigenvalue weighted by Gasteiger charge is 2.07. The number of aryl methyl sites for hydroxylation is 1. The van der Waals surface area contributed by atoms with Gasteiger partial charge in [0.05, 0.1) is 5.69 Å². The quantitative estimate of drug-likeness (QED) is 0.648. The first-order valence-corrected chi connectivity index (χ1v) is 3.68. The average Bonchev–Trinajstić information content (AvgIpc) is 2.27. The molecule has 0 saturated carbocycles. The normalized spacial score (nSPS) is 16.3. The summed E-state index contributed by atoms with van der Waals surface area (Å²) in [5.41, 5.74) is 2.31. The van der Waals surface area contributed by atoms with Gasteiger partial charge in [-0.15, -0.1) is 0 Å². The molecule has 1 aliphatic heterocycles. The van der Waals surface area contributed by atoms with Gasteiger partial charge in [-0.2, -0.15) is 0 Å². The molecule has 1 aromatic heterocycles. The molecule has 0 amide bonds. The van der Waals surface area contributed by atoms with E-state index in [1.54, 1.807) is 0 Å². The molecule has 0 aliphatic carbocycles. The highest BCUT2D eigenvalue weighted by atomic mass is 16.5. The number of nitrogens with zero attached hydrogens (tertiary/aromatic N) is 1. The van der Waals surface area contributed by atoms with Gasteiger partial charge in [-0.1, -0.05) is 5.16 Å². The van der Waals surface area contributed by atoms with Crippen molar-refractivity contribution in [2.24, 2.45) is 0 Å². The van der Waals surface area contributed by atoms with Crippen LogP contribution in [0.4, 0.5) is 0 Å². The Bertz CT molecular complexity index is 282. The largest absolute Gasteiger partial charge is 0.357 e. The van der Waals surface area contributed by atoms with E-state index in [1.807, 2.05) is 19.1 Å². The van der Waals surface area contributed by atoms with Crippen LogP contribution in [0.25, 0.3) is 6.08 Å². The number of rotatable bonds is 1. The summed E-state index contributed by atoms with van der Waals surface area (Å²) in [6.07, 6.45) is 2.04. The predicted molar refractivity (Wildman–Crippen MR) is 42.1 cm³/mol. The second kappa shape index (κ2) is 2.51. The van der Waals surface area contributed by atoms with Crippen LogP contribution in [0.3, 0.4) is 0 Å². The Morgan fingerprint density at radius 3 is 2.91 bits per heavy atom. The first-order valence-electron chi connectivity index (χ1n) is 3.68. The number of nitrogens with one attached hydrogen (secondary N) is 1. The lowest BCUT2D eigenvalue weighted by Crippen LogP contribution is -2.33. The maximum absolute atomic E-state index is 5.02. The third kappa shape index (κ3) is 1.33. The fourth-order valence-electron chi connectivity index (χ4n) is 1.02. The van der Waals surface area contributed by atoms with Crippen LogP contribution in [0, 0.1) is 6.92 Å². The minimum Gasteiger partial charge on any atom is -0.357 e. The molecule has 3 heteroatoms. The summed E-state index contributed by atoms with van der Waals surface area (Å²) < 4.78 is 5.02. The van der Waals surface area contributed by atoms with Crippen LogP contribution in [0.2, 0.25) is 0 Å². The van der Waals surface area contributed by atoms with Gasteiger partial charge in [0, 0.05) is 19.2 Å². The van der Waals surface area contributed by atoms with E-state index in [-0.39, 0.29) is 0 Å². The molecule has 0 unspecified atom stereocenters. The molecular formula is C8H10N2O. The zero-order valence-corrected chi connectivity index (χ0v) is 6.42. The average molecular weight is 150 g/mol. The van der Waals surface area contributed by atoms with Crippen LogP contribution in [0.15, 0.2) is 16.2 Å². The fraction of sp³-hybridized carbons (Fsp3) is 0.375. The van der Waals surface area contributed by atoms with Crippen LogP contribution >= 0.6 is 0 Å². The standard InChI is InChI=1S/C8H10N2O/c1-6-2-8(11-10-6)3-7-4-9-5-7/h2-3,9H,4-5H2,1H3. The number of hydrogen-bond donors (Lipinski definition) is 1. The maximum Gasteiger partial charge on any atom is 0.159 e. The van der Waals surface area contributed by atoms with Crippen molar-refractivity contribution < 1.29 is 4.52 Å². The Balaban J connectivity index is 2.17. The molecule has 0 spiro atoms. The molecule has 2 heterocycles. The van der Waals surface area contributed by atoms with Crippen LogP contribution < -0.4 is 5.32 Å². The third-order valence-corrected chi connectivity index (χ3v) is 1.70. The molecule has 0 radical (unpaired) electrons.